The number of nitrogens with one attached hydrogen (secondary N) is 1. The predicted molar refractivity (Wildman–Crippen MR) is 105 cm³/mol. The number of ether oxygens (including phenoxy) is 1. The maximum absolute atomic E-state index is 12.9. The van der Waals surface area contributed by atoms with Crippen molar-refractivity contribution in [1.82, 2.24) is 10.3 Å². The molecule has 3 aromatic rings. The van der Waals surface area contributed by atoms with Crippen LogP contribution in [0.3, 0.4) is 0 Å². The third-order valence-corrected chi connectivity index (χ3v) is 4.81. The maximum atomic E-state index is 12.9. The van der Waals surface area contributed by atoms with Gasteiger partial charge in [0.05, 0.1) is 18.7 Å². The molecule has 0 aliphatic heterocycles. The molecule has 1 aromatic heterocycles. The van der Waals surface area contributed by atoms with Crippen molar-refractivity contribution in [2.45, 2.75) is 20.0 Å². The Morgan fingerprint density at radius 1 is 1.11 bits per heavy atom. The maximum Gasteiger partial charge on any atom is 0.226 e. The molecule has 1 N–H and O–H groups in total. The van der Waals surface area contributed by atoms with Crippen molar-refractivity contribution in [2.24, 2.45) is 0 Å². The molecule has 3 rings (SSSR count). The van der Waals surface area contributed by atoms with Gasteiger partial charge in [0, 0.05) is 10.9 Å². The molecule has 0 saturated carbocycles. The molecule has 28 heavy (non-hydrogen) atoms. The van der Waals surface area contributed by atoms with E-state index in [1.807, 2.05) is 31.2 Å². The van der Waals surface area contributed by atoms with Crippen LogP contribution in [0, 0.1) is 12.7 Å². The molecule has 144 valence electrons. The lowest BCUT2D eigenvalue weighted by Crippen LogP contribution is -2.30. The summed E-state index contributed by atoms with van der Waals surface area (Å²) >= 11 is 1.42. The van der Waals surface area contributed by atoms with E-state index in [1.54, 1.807) is 5.38 Å². The highest BCUT2D eigenvalue weighted by Gasteiger charge is 2.11. The topological polar surface area (TPSA) is 68.3 Å². The van der Waals surface area contributed by atoms with Gasteiger partial charge in [-0.3, -0.25) is 9.59 Å². The number of hydrogen-bond acceptors (Lipinski definition) is 5. The average Bonchev–Trinajstić information content (AvgIpc) is 3.13. The number of halogens is 1. The van der Waals surface area contributed by atoms with Gasteiger partial charge in [0.1, 0.15) is 23.2 Å². The van der Waals surface area contributed by atoms with Gasteiger partial charge in [0.25, 0.3) is 0 Å². The largest absolute Gasteiger partial charge is 0.486 e. The summed E-state index contributed by atoms with van der Waals surface area (Å²) < 4.78 is 18.6. The summed E-state index contributed by atoms with van der Waals surface area (Å²) in [5.41, 5.74) is 2.14. The van der Waals surface area contributed by atoms with Crippen LogP contribution in [-0.4, -0.2) is 23.2 Å². The molecule has 0 radical (unpaired) electrons. The number of benzene rings is 2. The zero-order valence-electron chi connectivity index (χ0n) is 15.3. The Balaban J connectivity index is 1.45. The Labute approximate surface area is 166 Å². The number of amides is 1. The highest BCUT2D eigenvalue weighted by atomic mass is 32.1. The molecule has 0 atom stereocenters. The molecule has 0 aliphatic carbocycles. The van der Waals surface area contributed by atoms with E-state index in [4.69, 9.17) is 4.74 Å². The molecule has 0 unspecified atom stereocenters. The van der Waals surface area contributed by atoms with Gasteiger partial charge in [-0.05, 0) is 43.3 Å². The smallest absolute Gasteiger partial charge is 0.226 e. The first-order chi connectivity index (χ1) is 13.5. The van der Waals surface area contributed by atoms with Crippen molar-refractivity contribution in [2.75, 3.05) is 6.54 Å². The molecular formula is C21H19FN2O3S. The molecule has 2 aromatic carbocycles. The second kappa shape index (κ2) is 9.23. The molecule has 5 nitrogen and oxygen atoms in total. The Hall–Kier alpha value is -3.06. The van der Waals surface area contributed by atoms with Crippen molar-refractivity contribution >= 4 is 23.0 Å². The fourth-order valence-corrected chi connectivity index (χ4v) is 3.12. The van der Waals surface area contributed by atoms with Crippen LogP contribution < -0.4 is 10.1 Å². The predicted octanol–water partition coefficient (Wildman–Crippen LogP) is 3.71. The number of nitrogens with zero attached hydrogens (tertiary/aromatic N) is 1. The highest BCUT2D eigenvalue weighted by molar-refractivity contribution is 7.09. The lowest BCUT2D eigenvalue weighted by Gasteiger charge is -2.04. The second-order valence-electron chi connectivity index (χ2n) is 6.22. The molecule has 0 bridgehead atoms. The van der Waals surface area contributed by atoms with Gasteiger partial charge in [-0.25, -0.2) is 9.37 Å². The van der Waals surface area contributed by atoms with Crippen molar-refractivity contribution in [3.05, 3.63) is 81.6 Å². The Morgan fingerprint density at radius 3 is 2.54 bits per heavy atom. The van der Waals surface area contributed by atoms with Crippen molar-refractivity contribution < 1.29 is 18.7 Å². The lowest BCUT2D eigenvalue weighted by atomic mass is 10.1. The van der Waals surface area contributed by atoms with Crippen molar-refractivity contribution in [3.63, 3.8) is 0 Å². The van der Waals surface area contributed by atoms with Crippen LogP contribution in [0.5, 0.6) is 5.75 Å². The summed E-state index contributed by atoms with van der Waals surface area (Å²) in [4.78, 5) is 28.4. The summed E-state index contributed by atoms with van der Waals surface area (Å²) in [6, 6.07) is 13.0. The van der Waals surface area contributed by atoms with E-state index in [0.29, 0.717) is 17.9 Å². The van der Waals surface area contributed by atoms with Gasteiger partial charge < -0.3 is 10.1 Å². The van der Waals surface area contributed by atoms with Crippen LogP contribution in [0.15, 0.2) is 53.9 Å². The number of Topliss-reactive ketones (excluding diaryl/α,β-unsaturated/α-hetero) is 1. The summed E-state index contributed by atoms with van der Waals surface area (Å²) in [6.07, 6.45) is 0.0811. The minimum absolute atomic E-state index is 0.0811. The van der Waals surface area contributed by atoms with Crippen molar-refractivity contribution in [1.29, 1.82) is 0 Å². The van der Waals surface area contributed by atoms with E-state index < -0.39 is 5.82 Å². The van der Waals surface area contributed by atoms with E-state index >= 15 is 0 Å². The molecule has 0 saturated heterocycles. The monoisotopic (exact) mass is 398 g/mol. The highest BCUT2D eigenvalue weighted by Crippen LogP contribution is 2.16. The van der Waals surface area contributed by atoms with E-state index in [1.165, 1.54) is 35.6 Å². The average molecular weight is 398 g/mol. The van der Waals surface area contributed by atoms with Crippen molar-refractivity contribution in [3.8, 4) is 5.75 Å². The summed E-state index contributed by atoms with van der Waals surface area (Å²) in [5, 5.41) is 5.14. The van der Waals surface area contributed by atoms with Crippen LogP contribution in [0.2, 0.25) is 0 Å². The quantitative estimate of drug-likeness (QED) is 0.588. The van der Waals surface area contributed by atoms with Gasteiger partial charge in [0.2, 0.25) is 5.91 Å². The number of carbonyl (C=O) groups is 2. The zero-order chi connectivity index (χ0) is 19.9. The van der Waals surface area contributed by atoms with E-state index in [0.717, 1.165) is 16.3 Å². The van der Waals surface area contributed by atoms with Crippen LogP contribution in [0.25, 0.3) is 0 Å². The number of ketones is 1. The van der Waals surface area contributed by atoms with Gasteiger partial charge in [-0.2, -0.15) is 0 Å². The first kappa shape index (κ1) is 19.7. The minimum atomic E-state index is -0.411. The summed E-state index contributed by atoms with van der Waals surface area (Å²) in [5.74, 6) is -0.226. The molecule has 0 aliphatic rings. The van der Waals surface area contributed by atoms with Gasteiger partial charge in [-0.15, -0.1) is 11.3 Å². The molecule has 0 fully saturated rings. The lowest BCUT2D eigenvalue weighted by molar-refractivity contribution is -0.120. The fraction of sp³-hybridized carbons (Fsp3) is 0.190. The van der Waals surface area contributed by atoms with Crippen LogP contribution in [0.1, 0.15) is 26.6 Å². The third kappa shape index (κ3) is 5.72. The van der Waals surface area contributed by atoms with Gasteiger partial charge in [0.15, 0.2) is 5.78 Å². The second-order valence-corrected chi connectivity index (χ2v) is 7.16. The Kier molecular flexibility index (Phi) is 6.49. The van der Waals surface area contributed by atoms with Crippen LogP contribution >= 0.6 is 11.3 Å². The van der Waals surface area contributed by atoms with Gasteiger partial charge >= 0.3 is 0 Å². The summed E-state index contributed by atoms with van der Waals surface area (Å²) in [7, 11) is 0. The normalized spacial score (nSPS) is 10.5. The van der Waals surface area contributed by atoms with E-state index in [9.17, 15) is 14.0 Å². The third-order valence-electron chi connectivity index (χ3n) is 3.94. The number of aryl methyl sites for hydroxylation is 1. The molecular weight excluding hydrogens is 379 g/mol. The van der Waals surface area contributed by atoms with Crippen LogP contribution in [-0.2, 0) is 17.8 Å². The SMILES string of the molecule is Cc1ccc(OCc2nc(CC(=O)NCC(=O)c3ccc(F)cc3)cs2)cc1. The molecule has 0 spiro atoms. The number of carbonyl (C=O) groups excluding carboxylic acids is 2. The summed E-state index contributed by atoms with van der Waals surface area (Å²) in [6.45, 7) is 2.20. The zero-order valence-corrected chi connectivity index (χ0v) is 16.1. The number of aromatic nitrogens is 1. The fourth-order valence-electron chi connectivity index (χ4n) is 2.42. The number of hydrogen-bond donors (Lipinski definition) is 1. The standard InChI is InChI=1S/C21H19FN2O3S/c1-14-2-8-18(9-3-14)27-12-21-24-17(13-28-21)10-20(26)23-11-19(25)15-4-6-16(22)7-5-15/h2-9,13H,10-12H2,1H3,(H,23,26). The Morgan fingerprint density at radius 2 is 1.82 bits per heavy atom. The minimum Gasteiger partial charge on any atom is -0.486 e. The number of rotatable bonds is 8. The molecule has 1 amide bonds. The van der Waals surface area contributed by atoms with E-state index in [2.05, 4.69) is 10.3 Å². The van der Waals surface area contributed by atoms with Crippen LogP contribution in [0.4, 0.5) is 4.39 Å². The Bertz CT molecular complexity index is 953. The molecule has 7 heteroatoms. The first-order valence-electron chi connectivity index (χ1n) is 8.68. The van der Waals surface area contributed by atoms with Gasteiger partial charge in [-0.1, -0.05) is 17.7 Å². The molecule has 1 heterocycles. The number of thiazole rings is 1. The van der Waals surface area contributed by atoms with E-state index in [-0.39, 0.29) is 24.7 Å². The first-order valence-corrected chi connectivity index (χ1v) is 9.56.